The van der Waals surface area contributed by atoms with Gasteiger partial charge in [-0.2, -0.15) is 0 Å². The Morgan fingerprint density at radius 1 is 1.38 bits per heavy atom. The van der Waals surface area contributed by atoms with E-state index in [0.717, 1.165) is 17.9 Å². The first-order chi connectivity index (χ1) is 7.67. The number of rotatable bonds is 4. The Hall–Kier alpha value is -0.970. The second kappa shape index (κ2) is 6.58. The molecular weight excluding hydrogens is 218 g/mol. The lowest BCUT2D eigenvalue weighted by atomic mass is 10.0. The lowest BCUT2D eigenvalue weighted by Crippen LogP contribution is -2.16. The van der Waals surface area contributed by atoms with Crippen LogP contribution in [0.2, 0.25) is 5.02 Å². The monoisotopic (exact) mass is 235 g/mol. The molecule has 0 spiro atoms. The third-order valence-electron chi connectivity index (χ3n) is 2.55. The van der Waals surface area contributed by atoms with Gasteiger partial charge >= 0.3 is 0 Å². The van der Waals surface area contributed by atoms with Crippen molar-refractivity contribution in [3.05, 3.63) is 34.3 Å². The number of hydrogen-bond donors (Lipinski definition) is 1. The molecule has 0 aliphatic heterocycles. The van der Waals surface area contributed by atoms with Crippen molar-refractivity contribution in [1.82, 2.24) is 5.32 Å². The first-order valence-electron chi connectivity index (χ1n) is 5.51. The number of nitrogens with one attached hydrogen (secondary N) is 1. The standard InChI is InChI=1S/C14H18ClN/c1-4-5-6-7-14(16-3)12-8-11(2)9-13(15)10-12/h8-10,14,16H,6-7H2,1-3H3. The smallest absolute Gasteiger partial charge is 0.0411 e. The number of aryl methyl sites for hydroxylation is 1. The van der Waals surface area contributed by atoms with E-state index < -0.39 is 0 Å². The van der Waals surface area contributed by atoms with Gasteiger partial charge < -0.3 is 5.32 Å². The van der Waals surface area contributed by atoms with Gasteiger partial charge in [-0.1, -0.05) is 17.7 Å². The molecule has 2 heteroatoms. The third kappa shape index (κ3) is 3.89. The number of halogens is 1. The molecule has 0 amide bonds. The molecule has 16 heavy (non-hydrogen) atoms. The van der Waals surface area contributed by atoms with E-state index in [1.54, 1.807) is 0 Å². The van der Waals surface area contributed by atoms with Gasteiger partial charge in [-0.25, -0.2) is 0 Å². The SMILES string of the molecule is CC#CCCC(NC)c1cc(C)cc(Cl)c1. The van der Waals surface area contributed by atoms with E-state index in [1.807, 2.05) is 26.1 Å². The fraction of sp³-hybridized carbons (Fsp3) is 0.429. The van der Waals surface area contributed by atoms with Crippen molar-refractivity contribution >= 4 is 11.6 Å². The molecule has 1 rings (SSSR count). The van der Waals surface area contributed by atoms with E-state index in [1.165, 1.54) is 11.1 Å². The highest BCUT2D eigenvalue weighted by Crippen LogP contribution is 2.23. The van der Waals surface area contributed by atoms with Gasteiger partial charge in [0.15, 0.2) is 0 Å². The summed E-state index contributed by atoms with van der Waals surface area (Å²) in [7, 11) is 1.97. The molecule has 0 heterocycles. The van der Waals surface area contributed by atoms with Crippen LogP contribution in [0, 0.1) is 18.8 Å². The van der Waals surface area contributed by atoms with E-state index in [9.17, 15) is 0 Å². The molecule has 0 bridgehead atoms. The zero-order chi connectivity index (χ0) is 12.0. The largest absolute Gasteiger partial charge is 0.313 e. The fourth-order valence-corrected chi connectivity index (χ4v) is 2.08. The quantitative estimate of drug-likeness (QED) is 0.785. The van der Waals surface area contributed by atoms with E-state index in [0.29, 0.717) is 6.04 Å². The zero-order valence-electron chi connectivity index (χ0n) is 10.1. The second-order valence-electron chi connectivity index (χ2n) is 3.87. The van der Waals surface area contributed by atoms with E-state index in [-0.39, 0.29) is 0 Å². The Kier molecular flexibility index (Phi) is 5.38. The predicted octanol–water partition coefficient (Wildman–Crippen LogP) is 3.71. The second-order valence-corrected chi connectivity index (χ2v) is 4.31. The molecule has 0 radical (unpaired) electrons. The third-order valence-corrected chi connectivity index (χ3v) is 2.77. The Labute approximate surface area is 103 Å². The maximum absolute atomic E-state index is 6.06. The molecule has 0 saturated heterocycles. The van der Waals surface area contributed by atoms with E-state index >= 15 is 0 Å². The van der Waals surface area contributed by atoms with Gasteiger partial charge in [0.05, 0.1) is 0 Å². The van der Waals surface area contributed by atoms with Crippen LogP contribution in [0.5, 0.6) is 0 Å². The van der Waals surface area contributed by atoms with Crippen molar-refractivity contribution in [2.24, 2.45) is 0 Å². The van der Waals surface area contributed by atoms with E-state index in [2.05, 4.69) is 30.1 Å². The summed E-state index contributed by atoms with van der Waals surface area (Å²) in [5.41, 5.74) is 2.44. The minimum Gasteiger partial charge on any atom is -0.313 e. The first kappa shape index (κ1) is 13.1. The molecule has 1 nitrogen and oxygen atoms in total. The summed E-state index contributed by atoms with van der Waals surface area (Å²) in [5.74, 6) is 6.01. The Bertz CT molecular complexity index is 381. The Morgan fingerprint density at radius 3 is 2.69 bits per heavy atom. The molecule has 1 atom stereocenters. The molecule has 0 aliphatic carbocycles. The molecule has 0 fully saturated rings. The Morgan fingerprint density at radius 2 is 2.12 bits per heavy atom. The van der Waals surface area contributed by atoms with Crippen LogP contribution >= 0.6 is 11.6 Å². The lowest BCUT2D eigenvalue weighted by Gasteiger charge is -2.16. The van der Waals surface area contributed by atoms with Crippen molar-refractivity contribution in [2.75, 3.05) is 7.05 Å². The van der Waals surface area contributed by atoms with Crippen LogP contribution in [0.1, 0.15) is 36.9 Å². The van der Waals surface area contributed by atoms with Crippen LogP contribution < -0.4 is 5.32 Å². The molecule has 0 aliphatic rings. The van der Waals surface area contributed by atoms with Crippen LogP contribution in [0.4, 0.5) is 0 Å². The lowest BCUT2D eigenvalue weighted by molar-refractivity contribution is 0.558. The summed E-state index contributed by atoms with van der Waals surface area (Å²) >= 11 is 6.06. The normalized spacial score (nSPS) is 11.8. The van der Waals surface area contributed by atoms with Gasteiger partial charge in [0.1, 0.15) is 0 Å². The average molecular weight is 236 g/mol. The average Bonchev–Trinajstić information content (AvgIpc) is 2.23. The molecule has 0 aromatic heterocycles. The van der Waals surface area contributed by atoms with Gasteiger partial charge in [-0.05, 0) is 50.6 Å². The van der Waals surface area contributed by atoms with Gasteiger partial charge in [0, 0.05) is 17.5 Å². The minimum absolute atomic E-state index is 0.332. The molecule has 1 aromatic carbocycles. The molecule has 1 N–H and O–H groups in total. The summed E-state index contributed by atoms with van der Waals surface area (Å²) in [4.78, 5) is 0. The fourth-order valence-electron chi connectivity index (χ4n) is 1.78. The number of hydrogen-bond acceptors (Lipinski definition) is 1. The highest BCUT2D eigenvalue weighted by atomic mass is 35.5. The highest BCUT2D eigenvalue weighted by Gasteiger charge is 2.09. The van der Waals surface area contributed by atoms with Gasteiger partial charge in [0.2, 0.25) is 0 Å². The minimum atomic E-state index is 0.332. The van der Waals surface area contributed by atoms with Crippen molar-refractivity contribution in [3.8, 4) is 11.8 Å². The van der Waals surface area contributed by atoms with Gasteiger partial charge in [-0.15, -0.1) is 11.8 Å². The van der Waals surface area contributed by atoms with Gasteiger partial charge in [0.25, 0.3) is 0 Å². The molecule has 0 saturated carbocycles. The van der Waals surface area contributed by atoms with Gasteiger partial charge in [-0.3, -0.25) is 0 Å². The highest BCUT2D eigenvalue weighted by molar-refractivity contribution is 6.30. The van der Waals surface area contributed by atoms with Crippen molar-refractivity contribution in [3.63, 3.8) is 0 Å². The molecule has 1 aromatic rings. The van der Waals surface area contributed by atoms with Crippen LogP contribution in [0.25, 0.3) is 0 Å². The van der Waals surface area contributed by atoms with Crippen LogP contribution in [0.3, 0.4) is 0 Å². The Balaban J connectivity index is 2.80. The van der Waals surface area contributed by atoms with Crippen molar-refractivity contribution in [1.29, 1.82) is 0 Å². The predicted molar refractivity (Wildman–Crippen MR) is 70.7 cm³/mol. The number of benzene rings is 1. The first-order valence-corrected chi connectivity index (χ1v) is 5.89. The summed E-state index contributed by atoms with van der Waals surface area (Å²) in [5, 5.41) is 4.11. The molecule has 1 unspecified atom stereocenters. The molecular formula is C14H18ClN. The van der Waals surface area contributed by atoms with Crippen molar-refractivity contribution in [2.45, 2.75) is 32.7 Å². The summed E-state index contributed by atoms with van der Waals surface area (Å²) in [6, 6.07) is 6.50. The van der Waals surface area contributed by atoms with Crippen LogP contribution in [0.15, 0.2) is 18.2 Å². The topological polar surface area (TPSA) is 12.0 Å². The van der Waals surface area contributed by atoms with Crippen LogP contribution in [-0.2, 0) is 0 Å². The van der Waals surface area contributed by atoms with Crippen LogP contribution in [-0.4, -0.2) is 7.05 Å². The maximum Gasteiger partial charge on any atom is 0.0411 e. The van der Waals surface area contributed by atoms with Crippen molar-refractivity contribution < 1.29 is 0 Å². The molecule has 86 valence electrons. The summed E-state index contributed by atoms with van der Waals surface area (Å²) < 4.78 is 0. The van der Waals surface area contributed by atoms with E-state index in [4.69, 9.17) is 11.6 Å². The maximum atomic E-state index is 6.06. The summed E-state index contributed by atoms with van der Waals surface area (Å²) in [6.45, 7) is 3.94. The zero-order valence-corrected chi connectivity index (χ0v) is 10.9. The summed E-state index contributed by atoms with van der Waals surface area (Å²) in [6.07, 6.45) is 1.92.